The van der Waals surface area contributed by atoms with Crippen LogP contribution in [0.2, 0.25) is 0 Å². The Hall–Kier alpha value is -2.21. The molecule has 2 amide bonds. The second-order valence-electron chi connectivity index (χ2n) is 8.20. The molecule has 11 heteroatoms. The Labute approximate surface area is 175 Å². The van der Waals surface area contributed by atoms with Gasteiger partial charge in [0, 0.05) is 0 Å². The first kappa shape index (κ1) is 25.8. The maximum absolute atomic E-state index is 13.5. The number of carbonyl (C=O) groups is 5. The molecule has 0 aromatic carbocycles. The lowest BCUT2D eigenvalue weighted by Crippen LogP contribution is -2.75. The van der Waals surface area contributed by atoms with Crippen molar-refractivity contribution in [3.8, 4) is 0 Å². The second kappa shape index (κ2) is 10.2. The van der Waals surface area contributed by atoms with E-state index in [9.17, 15) is 29.1 Å². The predicted molar refractivity (Wildman–Crippen MR) is 108 cm³/mol. The summed E-state index contributed by atoms with van der Waals surface area (Å²) in [6.07, 6.45) is 0.800. The summed E-state index contributed by atoms with van der Waals surface area (Å²) in [5.74, 6) is -7.79. The molecule has 0 aromatic rings. The van der Waals surface area contributed by atoms with Gasteiger partial charge in [-0.05, 0) is 31.2 Å². The molecular formula is C19H33N5O6. The first-order chi connectivity index (χ1) is 13.8. The predicted octanol–water partition coefficient (Wildman–Crippen LogP) is -2.02. The summed E-state index contributed by atoms with van der Waals surface area (Å²) >= 11 is 0. The summed E-state index contributed by atoms with van der Waals surface area (Å²) in [4.78, 5) is 65.5. The van der Waals surface area contributed by atoms with Gasteiger partial charge < -0.3 is 27.6 Å². The molecular weight excluding hydrogens is 394 g/mol. The number of ketones is 2. The highest BCUT2D eigenvalue weighted by molar-refractivity contribution is 6.33. The zero-order valence-corrected chi connectivity index (χ0v) is 17.9. The highest BCUT2D eigenvalue weighted by Crippen LogP contribution is 2.28. The summed E-state index contributed by atoms with van der Waals surface area (Å²) in [6.45, 7) is 5.90. The van der Waals surface area contributed by atoms with Crippen LogP contribution in [0.15, 0.2) is 0 Å². The average Bonchev–Trinajstić information content (AvgIpc) is 3.22. The van der Waals surface area contributed by atoms with Gasteiger partial charge in [0.2, 0.25) is 11.8 Å². The lowest BCUT2D eigenvalue weighted by Gasteiger charge is -2.41. The van der Waals surface area contributed by atoms with Crippen molar-refractivity contribution in [2.75, 3.05) is 13.1 Å². The number of carboxylic acid groups (broad SMARTS) is 1. The van der Waals surface area contributed by atoms with Gasteiger partial charge in [-0.2, -0.15) is 0 Å². The fourth-order valence-electron chi connectivity index (χ4n) is 3.35. The molecule has 0 saturated carbocycles. The third-order valence-corrected chi connectivity index (χ3v) is 5.40. The van der Waals surface area contributed by atoms with E-state index in [0.717, 1.165) is 0 Å². The summed E-state index contributed by atoms with van der Waals surface area (Å²) in [5, 5.41) is 13.0. The van der Waals surface area contributed by atoms with E-state index in [4.69, 9.17) is 17.2 Å². The van der Waals surface area contributed by atoms with E-state index in [1.807, 2.05) is 0 Å². The monoisotopic (exact) mass is 427 g/mol. The maximum Gasteiger partial charge on any atom is 0.346 e. The van der Waals surface area contributed by atoms with E-state index in [1.165, 1.54) is 0 Å². The number of carbonyl (C=O) groups excluding carboxylic acids is 4. The molecule has 11 nitrogen and oxygen atoms in total. The fourth-order valence-corrected chi connectivity index (χ4v) is 3.35. The molecule has 1 aliphatic heterocycles. The summed E-state index contributed by atoms with van der Waals surface area (Å²) in [5.41, 5.74) is 14.1. The van der Waals surface area contributed by atoms with Crippen LogP contribution in [0.3, 0.4) is 0 Å². The number of carboxylic acids is 1. The van der Waals surface area contributed by atoms with E-state index < -0.39 is 71.4 Å². The zero-order chi connectivity index (χ0) is 23.4. The molecule has 0 aromatic heterocycles. The summed E-state index contributed by atoms with van der Waals surface area (Å²) < 4.78 is 0. The van der Waals surface area contributed by atoms with Crippen molar-refractivity contribution in [3.05, 3.63) is 0 Å². The fraction of sp³-hybridized carbons (Fsp3) is 0.737. The van der Waals surface area contributed by atoms with Gasteiger partial charge in [-0.15, -0.1) is 0 Å². The van der Waals surface area contributed by atoms with Gasteiger partial charge in [-0.3, -0.25) is 19.2 Å². The molecule has 4 unspecified atom stereocenters. The Balaban J connectivity index is 3.85. The molecule has 4 atom stereocenters. The van der Waals surface area contributed by atoms with Crippen molar-refractivity contribution < 1.29 is 29.1 Å². The molecule has 0 radical (unpaired) electrons. The summed E-state index contributed by atoms with van der Waals surface area (Å²) in [7, 11) is 0. The smallest absolute Gasteiger partial charge is 0.346 e. The average molecular weight is 428 g/mol. The quantitative estimate of drug-likeness (QED) is 0.242. The zero-order valence-electron chi connectivity index (χ0n) is 17.9. The third-order valence-electron chi connectivity index (χ3n) is 5.40. The van der Waals surface area contributed by atoms with Crippen LogP contribution in [0.25, 0.3) is 0 Å². The van der Waals surface area contributed by atoms with Crippen LogP contribution in [0.5, 0.6) is 0 Å². The Bertz CT molecular complexity index is 688. The van der Waals surface area contributed by atoms with Crippen LogP contribution >= 0.6 is 0 Å². The number of aliphatic carboxylic acids is 1. The lowest BCUT2D eigenvalue weighted by molar-refractivity contribution is -0.175. The highest BCUT2D eigenvalue weighted by atomic mass is 16.4. The minimum atomic E-state index is -3.16. The minimum absolute atomic E-state index is 0.146. The lowest BCUT2D eigenvalue weighted by atomic mass is 9.77. The molecule has 1 aliphatic rings. The molecule has 1 rings (SSSR count). The highest BCUT2D eigenvalue weighted by Gasteiger charge is 2.64. The van der Waals surface area contributed by atoms with Gasteiger partial charge in [0.25, 0.3) is 5.54 Å². The van der Waals surface area contributed by atoms with Gasteiger partial charge in [-0.25, -0.2) is 9.69 Å². The van der Waals surface area contributed by atoms with Crippen molar-refractivity contribution >= 4 is 29.4 Å². The Morgan fingerprint density at radius 2 is 1.60 bits per heavy atom. The molecule has 1 saturated heterocycles. The van der Waals surface area contributed by atoms with E-state index in [-0.39, 0.29) is 11.3 Å². The van der Waals surface area contributed by atoms with Crippen LogP contribution in [0, 0.1) is 11.8 Å². The van der Waals surface area contributed by atoms with Crippen LogP contribution in [0.4, 0.5) is 0 Å². The summed E-state index contributed by atoms with van der Waals surface area (Å²) in [6, 6.07) is -3.81. The van der Waals surface area contributed by atoms with Crippen molar-refractivity contribution in [1.29, 1.82) is 0 Å². The standard InChI is InChI=1S/C19H33N5O6/c1-9(2)13(21)16(27)19(18(29)30,15(26)11-6-5-7-23-11)24(12(25)8-20)17(28)14(22)10(3)4/h9-11,13-14,23H,5-8,20-22H2,1-4H3,(H,29,30). The molecule has 0 aliphatic carbocycles. The Morgan fingerprint density at radius 1 is 1.07 bits per heavy atom. The van der Waals surface area contributed by atoms with Crippen molar-refractivity contribution in [1.82, 2.24) is 10.2 Å². The number of hydrogen-bond acceptors (Lipinski definition) is 9. The number of amides is 2. The van der Waals surface area contributed by atoms with Crippen LogP contribution in [-0.4, -0.2) is 76.1 Å². The van der Waals surface area contributed by atoms with E-state index in [2.05, 4.69) is 5.32 Å². The second-order valence-corrected chi connectivity index (χ2v) is 8.20. The largest absolute Gasteiger partial charge is 0.479 e. The van der Waals surface area contributed by atoms with Crippen molar-refractivity contribution in [2.24, 2.45) is 29.0 Å². The van der Waals surface area contributed by atoms with E-state index >= 15 is 0 Å². The van der Waals surface area contributed by atoms with E-state index in [0.29, 0.717) is 13.0 Å². The van der Waals surface area contributed by atoms with Crippen LogP contribution in [0.1, 0.15) is 40.5 Å². The minimum Gasteiger partial charge on any atom is -0.479 e. The van der Waals surface area contributed by atoms with Gasteiger partial charge in [-0.1, -0.05) is 27.7 Å². The van der Waals surface area contributed by atoms with Gasteiger partial charge in [0.15, 0.2) is 11.6 Å². The number of rotatable bonds is 10. The number of hydrogen-bond donors (Lipinski definition) is 5. The van der Waals surface area contributed by atoms with Gasteiger partial charge in [0.1, 0.15) is 0 Å². The van der Waals surface area contributed by atoms with Gasteiger partial charge >= 0.3 is 5.97 Å². The molecule has 170 valence electrons. The molecule has 1 fully saturated rings. The Kier molecular flexibility index (Phi) is 8.78. The first-order valence-corrected chi connectivity index (χ1v) is 9.99. The number of nitrogens with two attached hydrogens (primary N) is 3. The maximum atomic E-state index is 13.5. The van der Waals surface area contributed by atoms with Gasteiger partial charge in [0.05, 0.1) is 24.7 Å². The number of Topliss-reactive ketones (excluding diaryl/α,β-unsaturated/α-hetero) is 2. The SMILES string of the molecule is CC(C)C(N)C(=O)N(C(=O)CN)C(C(=O)O)(C(=O)C1CCCN1)C(=O)C(N)C(C)C. The Morgan fingerprint density at radius 3 is 1.97 bits per heavy atom. The molecule has 8 N–H and O–H groups in total. The normalized spacial score (nSPS) is 20.5. The van der Waals surface area contributed by atoms with Crippen molar-refractivity contribution in [3.63, 3.8) is 0 Å². The molecule has 0 bridgehead atoms. The number of nitrogens with one attached hydrogen (secondary N) is 1. The first-order valence-electron chi connectivity index (χ1n) is 9.99. The molecule has 1 heterocycles. The van der Waals surface area contributed by atoms with E-state index in [1.54, 1.807) is 27.7 Å². The van der Waals surface area contributed by atoms with Crippen LogP contribution in [-0.2, 0) is 24.0 Å². The molecule has 0 spiro atoms. The number of nitrogens with zero attached hydrogens (tertiary/aromatic N) is 1. The topological polar surface area (TPSA) is 199 Å². The third kappa shape index (κ3) is 4.59. The van der Waals surface area contributed by atoms with Crippen LogP contribution < -0.4 is 22.5 Å². The number of imide groups is 1. The molecule has 30 heavy (non-hydrogen) atoms. The van der Waals surface area contributed by atoms with Crippen molar-refractivity contribution in [2.45, 2.75) is 64.2 Å².